The van der Waals surface area contributed by atoms with Crippen LogP contribution in [0.25, 0.3) is 0 Å². The Balaban J connectivity index is 1.44. The van der Waals surface area contributed by atoms with Gasteiger partial charge in [-0.1, -0.05) is 12.1 Å². The van der Waals surface area contributed by atoms with E-state index in [1.165, 1.54) is 43.5 Å². The van der Waals surface area contributed by atoms with Crippen LogP contribution < -0.4 is 4.74 Å². The van der Waals surface area contributed by atoms with Crippen molar-refractivity contribution in [1.29, 1.82) is 0 Å². The van der Waals surface area contributed by atoms with Crippen molar-refractivity contribution in [2.75, 3.05) is 6.54 Å². The maximum atomic E-state index is 12.9. The predicted octanol–water partition coefficient (Wildman–Crippen LogP) is 3.56. The van der Waals surface area contributed by atoms with E-state index in [1.807, 2.05) is 0 Å². The van der Waals surface area contributed by atoms with Gasteiger partial charge in [0.15, 0.2) is 11.9 Å². The monoisotopic (exact) mass is 472 g/mol. The number of aliphatic hydroxyl groups is 1. The summed E-state index contributed by atoms with van der Waals surface area (Å²) in [7, 11) is 0. The Kier molecular flexibility index (Phi) is 6.09. The number of amides is 2. The minimum Gasteiger partial charge on any atom is -0.489 e. The number of ketones is 1. The molecule has 1 unspecified atom stereocenters. The Morgan fingerprint density at radius 1 is 1.06 bits per heavy atom. The number of rotatable bonds is 6. The summed E-state index contributed by atoms with van der Waals surface area (Å²) in [6.07, 6.45) is -4.44. The van der Waals surface area contributed by atoms with E-state index in [1.54, 1.807) is 0 Å². The highest BCUT2D eigenvalue weighted by atomic mass is 19.4. The molecule has 2 aromatic carbocycles. The molecule has 0 radical (unpaired) electrons. The van der Waals surface area contributed by atoms with Crippen molar-refractivity contribution in [2.45, 2.75) is 32.2 Å². The lowest BCUT2D eigenvalue weighted by atomic mass is 9.99. The lowest BCUT2D eigenvalue weighted by Crippen LogP contribution is -2.35. The van der Waals surface area contributed by atoms with Gasteiger partial charge >= 0.3 is 6.18 Å². The number of imide groups is 1. The first-order chi connectivity index (χ1) is 16.1. The number of aliphatic hydroxyl groups excluding tert-OH is 1. The molecule has 2 aliphatic rings. The van der Waals surface area contributed by atoms with Crippen LogP contribution in [0.3, 0.4) is 0 Å². The number of halogens is 3. The molecule has 176 valence electrons. The van der Waals surface area contributed by atoms with Gasteiger partial charge in [0.1, 0.15) is 12.4 Å². The van der Waals surface area contributed by atoms with Crippen molar-refractivity contribution in [3.63, 3.8) is 0 Å². The number of Topliss-reactive ketones (excluding diaryl/α,β-unsaturated/α-hetero) is 1. The molecule has 2 heterocycles. The van der Waals surface area contributed by atoms with E-state index < -0.39 is 35.4 Å². The fraction of sp³-hybridized carbons (Fsp3) is 0.250. The largest absolute Gasteiger partial charge is 0.489 e. The molecule has 0 fully saturated rings. The maximum Gasteiger partial charge on any atom is 0.416 e. The Hall–Kier alpha value is -3.79. The summed E-state index contributed by atoms with van der Waals surface area (Å²) in [4.78, 5) is 42.6. The molecule has 0 saturated carbocycles. The summed E-state index contributed by atoms with van der Waals surface area (Å²) in [5.41, 5.74) is 0.245. The number of aliphatic imine (C=N–C) groups is 1. The normalized spacial score (nSPS) is 18.1. The van der Waals surface area contributed by atoms with Gasteiger partial charge in [0.2, 0.25) is 0 Å². The lowest BCUT2D eigenvalue weighted by Gasteiger charge is -2.18. The highest BCUT2D eigenvalue weighted by Gasteiger charge is 2.36. The average Bonchev–Trinajstić information content (AvgIpc) is 3.04. The molecular formula is C24H19F3N2O5. The van der Waals surface area contributed by atoms with Crippen LogP contribution in [-0.4, -0.2) is 46.0 Å². The molecular weight excluding hydrogens is 453 g/mol. The van der Waals surface area contributed by atoms with E-state index in [2.05, 4.69) is 4.99 Å². The fourth-order valence-electron chi connectivity index (χ4n) is 3.67. The van der Waals surface area contributed by atoms with Crippen molar-refractivity contribution in [3.8, 4) is 5.75 Å². The second kappa shape index (κ2) is 8.86. The topological polar surface area (TPSA) is 96.3 Å². The van der Waals surface area contributed by atoms with Crippen LogP contribution >= 0.6 is 0 Å². The number of fused-ring (bicyclic) bond motifs is 1. The summed E-state index contributed by atoms with van der Waals surface area (Å²) in [5, 5.41) is 9.83. The van der Waals surface area contributed by atoms with Crippen LogP contribution in [0.5, 0.6) is 5.75 Å². The molecule has 4 rings (SSSR count). The SMILES string of the molecule is CC1=NC=C(CCN2C(=O)c3ccc(OCc4cccc(C(F)(F)F)c4)cc3C2=O)C(=O)C1O. The number of ether oxygens (including phenoxy) is 1. The first-order valence-corrected chi connectivity index (χ1v) is 10.3. The molecule has 0 aliphatic carbocycles. The summed E-state index contributed by atoms with van der Waals surface area (Å²) < 4.78 is 44.2. The molecule has 0 spiro atoms. The molecule has 10 heteroatoms. The zero-order valence-corrected chi connectivity index (χ0v) is 17.9. The third kappa shape index (κ3) is 4.49. The minimum absolute atomic E-state index is 0.0387. The predicted molar refractivity (Wildman–Crippen MR) is 114 cm³/mol. The summed E-state index contributed by atoms with van der Waals surface area (Å²) >= 11 is 0. The summed E-state index contributed by atoms with van der Waals surface area (Å²) in [6.45, 7) is 1.28. The van der Waals surface area contributed by atoms with Crippen molar-refractivity contribution in [2.24, 2.45) is 4.99 Å². The smallest absolute Gasteiger partial charge is 0.416 e. The van der Waals surface area contributed by atoms with Gasteiger partial charge in [-0.2, -0.15) is 13.2 Å². The van der Waals surface area contributed by atoms with Crippen LogP contribution in [0.4, 0.5) is 13.2 Å². The van der Waals surface area contributed by atoms with E-state index in [0.29, 0.717) is 5.56 Å². The quantitative estimate of drug-likeness (QED) is 0.649. The molecule has 0 aromatic heterocycles. The van der Waals surface area contributed by atoms with Crippen molar-refractivity contribution < 1.29 is 37.4 Å². The number of alkyl halides is 3. The summed E-state index contributed by atoms with van der Waals surface area (Å²) in [6, 6.07) is 8.95. The van der Waals surface area contributed by atoms with Gasteiger partial charge in [0.05, 0.1) is 22.4 Å². The molecule has 2 aromatic rings. The van der Waals surface area contributed by atoms with Gasteiger partial charge in [-0.15, -0.1) is 0 Å². The molecule has 0 saturated heterocycles. The zero-order chi connectivity index (χ0) is 24.6. The van der Waals surface area contributed by atoms with Crippen LogP contribution in [-0.2, 0) is 17.6 Å². The maximum absolute atomic E-state index is 12.9. The van der Waals surface area contributed by atoms with Crippen LogP contribution in [0, 0.1) is 0 Å². The molecule has 1 N–H and O–H groups in total. The summed E-state index contributed by atoms with van der Waals surface area (Å²) in [5.74, 6) is -1.41. The molecule has 0 bridgehead atoms. The lowest BCUT2D eigenvalue weighted by molar-refractivity contribution is -0.137. The second-order valence-corrected chi connectivity index (χ2v) is 7.90. The molecule has 34 heavy (non-hydrogen) atoms. The van der Waals surface area contributed by atoms with E-state index >= 15 is 0 Å². The van der Waals surface area contributed by atoms with Gasteiger partial charge in [-0.25, -0.2) is 0 Å². The van der Waals surface area contributed by atoms with Crippen LogP contribution in [0.15, 0.2) is 59.2 Å². The average molecular weight is 472 g/mol. The number of carbonyl (C=O) groups excluding carboxylic acids is 3. The van der Waals surface area contributed by atoms with Crippen LogP contribution in [0.2, 0.25) is 0 Å². The second-order valence-electron chi connectivity index (χ2n) is 7.90. The van der Waals surface area contributed by atoms with Gasteiger partial charge in [0.25, 0.3) is 11.8 Å². The number of carbonyl (C=O) groups is 3. The third-order valence-electron chi connectivity index (χ3n) is 5.59. The Labute approximate surface area is 192 Å². The van der Waals surface area contributed by atoms with Crippen molar-refractivity contribution in [3.05, 3.63) is 76.5 Å². The number of hydrogen-bond donors (Lipinski definition) is 1. The number of hydrogen-bond acceptors (Lipinski definition) is 6. The van der Waals surface area contributed by atoms with Crippen molar-refractivity contribution >= 4 is 23.3 Å². The minimum atomic E-state index is -4.47. The van der Waals surface area contributed by atoms with Gasteiger partial charge in [0, 0.05) is 18.3 Å². The standard InChI is InChI=1S/C24H19F3N2O5/c1-13-20(30)21(31)15(11-28-13)7-8-29-22(32)18-6-5-17(10-19(18)23(29)33)34-12-14-3-2-4-16(9-14)24(25,26)27/h2-6,9-11,20,30H,7-8,12H2,1H3. The fourth-order valence-corrected chi connectivity index (χ4v) is 3.67. The molecule has 2 amide bonds. The van der Waals surface area contributed by atoms with Gasteiger partial charge in [-0.05, 0) is 49.2 Å². The number of nitrogens with zero attached hydrogens (tertiary/aromatic N) is 2. The Bertz CT molecular complexity index is 1250. The zero-order valence-electron chi connectivity index (χ0n) is 17.9. The van der Waals surface area contributed by atoms with E-state index in [9.17, 15) is 32.7 Å². The Morgan fingerprint density at radius 3 is 2.53 bits per heavy atom. The van der Waals surface area contributed by atoms with E-state index in [4.69, 9.17) is 4.74 Å². The molecule has 2 aliphatic heterocycles. The highest BCUT2D eigenvalue weighted by Crippen LogP contribution is 2.31. The van der Waals surface area contributed by atoms with E-state index in [-0.39, 0.29) is 47.7 Å². The Morgan fingerprint density at radius 2 is 1.79 bits per heavy atom. The van der Waals surface area contributed by atoms with Gasteiger partial charge < -0.3 is 9.84 Å². The highest BCUT2D eigenvalue weighted by molar-refractivity contribution is 6.21. The molecule has 7 nitrogen and oxygen atoms in total. The van der Waals surface area contributed by atoms with E-state index in [0.717, 1.165) is 17.0 Å². The van der Waals surface area contributed by atoms with Crippen molar-refractivity contribution in [1.82, 2.24) is 4.90 Å². The first-order valence-electron chi connectivity index (χ1n) is 10.3. The van der Waals surface area contributed by atoms with Gasteiger partial charge in [-0.3, -0.25) is 24.3 Å². The number of benzene rings is 2. The van der Waals surface area contributed by atoms with Crippen LogP contribution in [0.1, 0.15) is 45.2 Å². The molecule has 1 atom stereocenters. The first kappa shape index (κ1) is 23.4. The third-order valence-corrected chi connectivity index (χ3v) is 5.59.